The molecule has 0 aliphatic heterocycles. The van der Waals surface area contributed by atoms with E-state index in [1.54, 1.807) is 12.1 Å². The summed E-state index contributed by atoms with van der Waals surface area (Å²) in [5.41, 5.74) is 2.25. The monoisotopic (exact) mass is 298 g/mol. The summed E-state index contributed by atoms with van der Waals surface area (Å²) in [4.78, 5) is 22.3. The average molecular weight is 298 g/mol. The van der Waals surface area contributed by atoms with Crippen molar-refractivity contribution >= 4 is 17.3 Å². The van der Waals surface area contributed by atoms with Crippen molar-refractivity contribution in [3.05, 3.63) is 69.8 Å². The number of nitrogens with one attached hydrogen (secondary N) is 1. The lowest BCUT2D eigenvalue weighted by molar-refractivity contribution is -0.384. The van der Waals surface area contributed by atoms with Crippen LogP contribution in [0.3, 0.4) is 0 Å². The normalized spacial score (nSPS) is 11.0. The number of hydrogen-bond acceptors (Lipinski definition) is 3. The molecule has 5 heteroatoms. The predicted octanol–water partition coefficient (Wildman–Crippen LogP) is 4.14. The maximum absolute atomic E-state index is 12.1. The van der Waals surface area contributed by atoms with Gasteiger partial charge in [-0.15, -0.1) is 0 Å². The summed E-state index contributed by atoms with van der Waals surface area (Å²) in [5.74, 6) is -0.241. The van der Waals surface area contributed by atoms with Crippen LogP contribution in [-0.2, 0) is 5.41 Å². The van der Waals surface area contributed by atoms with Crippen molar-refractivity contribution < 1.29 is 9.72 Å². The van der Waals surface area contributed by atoms with Crippen LogP contribution in [0.2, 0.25) is 0 Å². The maximum atomic E-state index is 12.1. The fourth-order valence-electron chi connectivity index (χ4n) is 1.99. The van der Waals surface area contributed by atoms with E-state index in [2.05, 4.69) is 26.1 Å². The quantitative estimate of drug-likeness (QED) is 0.683. The second-order valence-corrected chi connectivity index (χ2v) is 6.09. The van der Waals surface area contributed by atoms with Crippen LogP contribution in [0.15, 0.2) is 48.5 Å². The Morgan fingerprint density at radius 2 is 1.55 bits per heavy atom. The van der Waals surface area contributed by atoms with E-state index in [0.29, 0.717) is 11.3 Å². The van der Waals surface area contributed by atoms with Gasteiger partial charge in [-0.05, 0) is 35.2 Å². The number of nitro groups is 1. The third-order valence-corrected chi connectivity index (χ3v) is 3.35. The zero-order valence-corrected chi connectivity index (χ0v) is 12.8. The first-order valence-electron chi connectivity index (χ1n) is 6.94. The molecule has 0 fully saturated rings. The molecular formula is C17H18N2O3. The van der Waals surface area contributed by atoms with Crippen LogP contribution >= 0.6 is 0 Å². The summed E-state index contributed by atoms with van der Waals surface area (Å²) in [7, 11) is 0. The van der Waals surface area contributed by atoms with Gasteiger partial charge in [0.15, 0.2) is 0 Å². The second-order valence-electron chi connectivity index (χ2n) is 6.09. The Labute approximate surface area is 129 Å². The fraction of sp³-hybridized carbons (Fsp3) is 0.235. The van der Waals surface area contributed by atoms with Crippen molar-refractivity contribution in [1.82, 2.24) is 0 Å². The van der Waals surface area contributed by atoms with Crippen LogP contribution in [0.5, 0.6) is 0 Å². The lowest BCUT2D eigenvalue weighted by Crippen LogP contribution is -2.14. The van der Waals surface area contributed by atoms with Gasteiger partial charge in [0, 0.05) is 23.4 Å². The molecule has 2 aromatic carbocycles. The number of anilines is 1. The topological polar surface area (TPSA) is 72.2 Å². The molecule has 5 nitrogen and oxygen atoms in total. The minimum Gasteiger partial charge on any atom is -0.322 e. The maximum Gasteiger partial charge on any atom is 0.269 e. The minimum absolute atomic E-state index is 0.00692. The van der Waals surface area contributed by atoms with E-state index in [4.69, 9.17) is 0 Å². The zero-order chi connectivity index (χ0) is 16.3. The van der Waals surface area contributed by atoms with Crippen LogP contribution in [-0.4, -0.2) is 10.8 Å². The van der Waals surface area contributed by atoms with Gasteiger partial charge in [0.2, 0.25) is 0 Å². The van der Waals surface area contributed by atoms with Gasteiger partial charge in [0.05, 0.1) is 4.92 Å². The number of nitrogens with zero attached hydrogens (tertiary/aromatic N) is 1. The Kier molecular flexibility index (Phi) is 4.26. The number of carbonyl (C=O) groups excluding carboxylic acids is 1. The van der Waals surface area contributed by atoms with Crippen molar-refractivity contribution in [2.75, 3.05) is 5.32 Å². The Morgan fingerprint density at radius 1 is 1.00 bits per heavy atom. The first kappa shape index (κ1) is 15.7. The highest BCUT2D eigenvalue weighted by atomic mass is 16.6. The highest BCUT2D eigenvalue weighted by Crippen LogP contribution is 2.22. The van der Waals surface area contributed by atoms with Gasteiger partial charge in [-0.2, -0.15) is 0 Å². The molecule has 0 aliphatic rings. The summed E-state index contributed by atoms with van der Waals surface area (Å²) in [6, 6.07) is 13.2. The minimum atomic E-state index is -0.475. The van der Waals surface area contributed by atoms with Gasteiger partial charge < -0.3 is 5.32 Å². The van der Waals surface area contributed by atoms with Crippen molar-refractivity contribution in [2.45, 2.75) is 26.2 Å². The van der Waals surface area contributed by atoms with Crippen LogP contribution in [0.1, 0.15) is 36.7 Å². The molecule has 2 aromatic rings. The molecular weight excluding hydrogens is 280 g/mol. The first-order chi connectivity index (χ1) is 10.3. The van der Waals surface area contributed by atoms with E-state index in [1.807, 2.05) is 12.1 Å². The number of non-ortho nitro benzene ring substituents is 1. The van der Waals surface area contributed by atoms with Gasteiger partial charge in [0.25, 0.3) is 11.6 Å². The molecule has 2 rings (SSSR count). The highest BCUT2D eigenvalue weighted by Gasteiger charge is 2.14. The molecule has 0 radical (unpaired) electrons. The first-order valence-corrected chi connectivity index (χ1v) is 6.94. The van der Waals surface area contributed by atoms with Crippen LogP contribution in [0.4, 0.5) is 11.4 Å². The molecule has 0 aliphatic carbocycles. The molecule has 22 heavy (non-hydrogen) atoms. The molecule has 0 spiro atoms. The van der Waals surface area contributed by atoms with E-state index in [0.717, 1.165) is 5.56 Å². The lowest BCUT2D eigenvalue weighted by atomic mass is 9.87. The van der Waals surface area contributed by atoms with E-state index < -0.39 is 4.92 Å². The Balaban J connectivity index is 2.10. The Hall–Kier alpha value is -2.69. The molecule has 1 amide bonds. The Bertz CT molecular complexity index is 683. The van der Waals surface area contributed by atoms with Gasteiger partial charge in [0.1, 0.15) is 0 Å². The van der Waals surface area contributed by atoms with E-state index in [1.165, 1.54) is 24.3 Å². The number of amides is 1. The van der Waals surface area contributed by atoms with Crippen molar-refractivity contribution in [3.63, 3.8) is 0 Å². The summed E-state index contributed by atoms with van der Waals surface area (Å²) in [5, 5.41) is 13.3. The molecule has 0 aromatic heterocycles. The molecule has 0 atom stereocenters. The van der Waals surface area contributed by atoms with Gasteiger partial charge in [-0.3, -0.25) is 14.9 Å². The second kappa shape index (κ2) is 5.97. The summed E-state index contributed by atoms with van der Waals surface area (Å²) in [6.45, 7) is 6.33. The highest BCUT2D eigenvalue weighted by molar-refractivity contribution is 6.04. The standard InChI is InChI=1S/C17H18N2O3/c1-17(2,3)13-6-4-12(5-7-13)16(20)18-14-8-10-15(11-9-14)19(21)22/h4-11H,1-3H3,(H,18,20). The third-order valence-electron chi connectivity index (χ3n) is 3.35. The number of benzene rings is 2. The third kappa shape index (κ3) is 3.69. The zero-order valence-electron chi connectivity index (χ0n) is 12.8. The van der Waals surface area contributed by atoms with Crippen molar-refractivity contribution in [2.24, 2.45) is 0 Å². The van der Waals surface area contributed by atoms with E-state index in [9.17, 15) is 14.9 Å². The Morgan fingerprint density at radius 3 is 2.00 bits per heavy atom. The summed E-state index contributed by atoms with van der Waals surface area (Å²) in [6.07, 6.45) is 0. The molecule has 0 saturated carbocycles. The predicted molar refractivity (Wildman–Crippen MR) is 86.2 cm³/mol. The average Bonchev–Trinajstić information content (AvgIpc) is 2.47. The van der Waals surface area contributed by atoms with Crippen LogP contribution in [0.25, 0.3) is 0 Å². The molecule has 0 saturated heterocycles. The van der Waals surface area contributed by atoms with Crippen LogP contribution in [0, 0.1) is 10.1 Å². The van der Waals surface area contributed by atoms with E-state index >= 15 is 0 Å². The van der Waals surface area contributed by atoms with Gasteiger partial charge in [-0.25, -0.2) is 0 Å². The SMILES string of the molecule is CC(C)(C)c1ccc(C(=O)Nc2ccc([N+](=O)[O-])cc2)cc1. The molecule has 0 bridgehead atoms. The smallest absolute Gasteiger partial charge is 0.269 e. The van der Waals surface area contributed by atoms with Crippen LogP contribution < -0.4 is 5.32 Å². The van der Waals surface area contributed by atoms with Gasteiger partial charge in [-0.1, -0.05) is 32.9 Å². The van der Waals surface area contributed by atoms with Crippen molar-refractivity contribution in [3.8, 4) is 0 Å². The summed E-state index contributed by atoms with van der Waals surface area (Å²) >= 11 is 0. The number of nitro benzene ring substituents is 1. The number of carbonyl (C=O) groups is 1. The molecule has 1 N–H and O–H groups in total. The van der Waals surface area contributed by atoms with Gasteiger partial charge >= 0.3 is 0 Å². The van der Waals surface area contributed by atoms with Crippen molar-refractivity contribution in [1.29, 1.82) is 0 Å². The fourth-order valence-corrected chi connectivity index (χ4v) is 1.99. The van der Waals surface area contributed by atoms with E-state index in [-0.39, 0.29) is 17.0 Å². The largest absolute Gasteiger partial charge is 0.322 e. The molecule has 0 unspecified atom stereocenters. The lowest BCUT2D eigenvalue weighted by Gasteiger charge is -2.19. The number of hydrogen-bond donors (Lipinski definition) is 1. The number of rotatable bonds is 3. The molecule has 114 valence electrons. The summed E-state index contributed by atoms with van der Waals surface area (Å²) < 4.78 is 0. The molecule has 0 heterocycles.